The van der Waals surface area contributed by atoms with Gasteiger partial charge in [0.25, 0.3) is 5.17 Å². The Morgan fingerprint density at radius 3 is 2.49 bits per heavy atom. The molecule has 1 aromatic rings. The van der Waals surface area contributed by atoms with E-state index < -0.39 is 23.1 Å². The summed E-state index contributed by atoms with van der Waals surface area (Å²) in [7, 11) is 1.67. The molecule has 3 amide bonds. The molecule has 0 spiro atoms. The Morgan fingerprint density at radius 2 is 1.85 bits per heavy atom. The van der Waals surface area contributed by atoms with E-state index in [0.29, 0.717) is 6.42 Å². The van der Waals surface area contributed by atoms with Crippen LogP contribution in [0.15, 0.2) is 24.3 Å². The Hall–Kier alpha value is -2.72. The van der Waals surface area contributed by atoms with Gasteiger partial charge in [0.1, 0.15) is 24.2 Å². The first-order chi connectivity index (χ1) is 18.1. The normalized spacial score (nSPS) is 21.9. The van der Waals surface area contributed by atoms with E-state index in [1.54, 1.807) is 11.9 Å². The molecule has 10 heteroatoms. The molecule has 0 bridgehead atoms. The summed E-state index contributed by atoms with van der Waals surface area (Å²) in [5.41, 5.74) is 7.55. The summed E-state index contributed by atoms with van der Waals surface area (Å²) in [6.45, 7) is 11.5. The highest BCUT2D eigenvalue weighted by atomic mass is 32.1. The lowest BCUT2D eigenvalue weighted by molar-refractivity contribution is -0.144. The van der Waals surface area contributed by atoms with Crippen molar-refractivity contribution in [3.8, 4) is 0 Å². The fourth-order valence-electron chi connectivity index (χ4n) is 5.17. The number of amides is 3. The lowest BCUT2D eigenvalue weighted by Gasteiger charge is -2.36. The summed E-state index contributed by atoms with van der Waals surface area (Å²) in [6, 6.07) is 6.20. The number of thiocarbonyl (C=S) groups is 1. The van der Waals surface area contributed by atoms with Crippen LogP contribution in [0.3, 0.4) is 0 Å². The van der Waals surface area contributed by atoms with E-state index in [1.165, 1.54) is 10.5 Å². The van der Waals surface area contributed by atoms with E-state index in [-0.39, 0.29) is 48.1 Å². The third-order valence-electron chi connectivity index (χ3n) is 7.11. The second-order valence-corrected chi connectivity index (χ2v) is 13.2. The Morgan fingerprint density at radius 1 is 1.18 bits per heavy atom. The van der Waals surface area contributed by atoms with Crippen molar-refractivity contribution in [1.82, 2.24) is 20.4 Å². The number of carbonyl (C=O) groups is 3. The average Bonchev–Trinajstić information content (AvgIpc) is 3.22. The van der Waals surface area contributed by atoms with Crippen molar-refractivity contribution in [2.75, 3.05) is 20.1 Å². The van der Waals surface area contributed by atoms with Gasteiger partial charge in [-0.1, -0.05) is 45.0 Å². The van der Waals surface area contributed by atoms with Crippen LogP contribution in [0, 0.1) is 5.41 Å². The van der Waals surface area contributed by atoms with Crippen molar-refractivity contribution in [3.63, 3.8) is 0 Å². The van der Waals surface area contributed by atoms with Gasteiger partial charge in [0.2, 0.25) is 17.7 Å². The van der Waals surface area contributed by atoms with Crippen LogP contribution in [-0.2, 0) is 25.5 Å². The van der Waals surface area contributed by atoms with E-state index in [9.17, 15) is 14.4 Å². The minimum absolute atomic E-state index is 0.0701. The monoisotopic (exact) mass is 559 g/mol. The van der Waals surface area contributed by atoms with Crippen LogP contribution >= 0.6 is 12.2 Å². The molecule has 4 N–H and O–H groups in total. The first-order valence-corrected chi connectivity index (χ1v) is 14.2. The van der Waals surface area contributed by atoms with Crippen LogP contribution in [0.4, 0.5) is 0 Å². The predicted molar refractivity (Wildman–Crippen MR) is 156 cm³/mol. The molecule has 1 aromatic carbocycles. The molecule has 4 atom stereocenters. The van der Waals surface area contributed by atoms with E-state index in [2.05, 4.69) is 22.8 Å². The zero-order valence-corrected chi connectivity index (χ0v) is 25.2. The quantitative estimate of drug-likeness (QED) is 0.459. The molecule has 2 aliphatic rings. The molecule has 1 aliphatic heterocycles. The van der Waals surface area contributed by atoms with Crippen LogP contribution in [0.5, 0.6) is 0 Å². The molecule has 1 fully saturated rings. The standard InChI is InChI=1S/C29H45N5O4S/c1-28(2,3)24(32-23(35)17-33(7)27(39)38-29(4,5)6)26(37)34-16-19(30)15-22(34)25(36)31-21-14-10-12-18-11-8-9-13-20(18)21/h8-9,11,13,19,21-22,24H,10,12,14-17,30H2,1-7H3,(H,31,36)(H,32,35)/t19?,21?,22-,24?/m0/s1. The number of aryl methyl sites for hydroxylation is 1. The van der Waals surface area contributed by atoms with Crippen molar-refractivity contribution in [1.29, 1.82) is 0 Å². The van der Waals surface area contributed by atoms with Gasteiger partial charge < -0.3 is 30.9 Å². The molecule has 216 valence electrons. The molecular formula is C29H45N5O4S. The summed E-state index contributed by atoms with van der Waals surface area (Å²) in [4.78, 5) is 43.5. The number of nitrogens with zero attached hydrogens (tertiary/aromatic N) is 2. The molecule has 3 unspecified atom stereocenters. The second-order valence-electron chi connectivity index (χ2n) is 12.9. The van der Waals surface area contributed by atoms with Crippen molar-refractivity contribution in [2.45, 2.75) is 97.0 Å². The Labute approximate surface area is 238 Å². The van der Waals surface area contributed by atoms with Gasteiger partial charge in [-0.15, -0.1) is 0 Å². The Bertz CT molecular complexity index is 1080. The van der Waals surface area contributed by atoms with Crippen molar-refractivity contribution < 1.29 is 19.1 Å². The number of likely N-dealkylation sites (tertiary alicyclic amines) is 1. The number of rotatable bonds is 6. The Kier molecular flexibility index (Phi) is 9.64. The summed E-state index contributed by atoms with van der Waals surface area (Å²) < 4.78 is 5.68. The highest BCUT2D eigenvalue weighted by Gasteiger charge is 2.44. The summed E-state index contributed by atoms with van der Waals surface area (Å²) >= 11 is 5.31. The zero-order chi connectivity index (χ0) is 29.1. The molecule has 3 rings (SSSR count). The molecule has 0 aromatic heterocycles. The number of ether oxygens (including phenoxy) is 1. The van der Waals surface area contributed by atoms with Crippen LogP contribution < -0.4 is 16.4 Å². The number of benzene rings is 1. The highest BCUT2D eigenvalue weighted by molar-refractivity contribution is 7.80. The molecule has 1 saturated heterocycles. The van der Waals surface area contributed by atoms with Crippen molar-refractivity contribution in [2.24, 2.45) is 11.1 Å². The second kappa shape index (κ2) is 12.2. The number of hydrogen-bond acceptors (Lipinski definition) is 6. The van der Waals surface area contributed by atoms with Crippen molar-refractivity contribution >= 4 is 35.1 Å². The fraction of sp³-hybridized carbons (Fsp3) is 0.655. The molecular weight excluding hydrogens is 514 g/mol. The van der Waals surface area contributed by atoms with E-state index in [4.69, 9.17) is 22.7 Å². The van der Waals surface area contributed by atoms with Crippen molar-refractivity contribution in [3.05, 3.63) is 35.4 Å². The molecule has 39 heavy (non-hydrogen) atoms. The number of nitrogens with one attached hydrogen (secondary N) is 2. The third kappa shape index (κ3) is 8.14. The van der Waals surface area contributed by atoms with Gasteiger partial charge in [0.15, 0.2) is 0 Å². The van der Waals surface area contributed by atoms with Gasteiger partial charge in [0, 0.05) is 19.6 Å². The average molecular weight is 560 g/mol. The molecule has 9 nitrogen and oxygen atoms in total. The van der Waals surface area contributed by atoms with Gasteiger partial charge in [-0.25, -0.2) is 0 Å². The smallest absolute Gasteiger partial charge is 0.260 e. The minimum atomic E-state index is -0.855. The van der Waals surface area contributed by atoms with Crippen LogP contribution in [0.1, 0.15) is 78.0 Å². The van der Waals surface area contributed by atoms with Crippen LogP contribution in [0.25, 0.3) is 0 Å². The maximum absolute atomic E-state index is 13.9. The SMILES string of the molecule is CN(CC(=O)NC(C(=O)N1CC(N)C[C@H]1C(=O)NC1CCCc2ccccc21)C(C)(C)C)C(=S)OC(C)(C)C. The first-order valence-electron chi connectivity index (χ1n) is 13.7. The minimum Gasteiger partial charge on any atom is -0.465 e. The topological polar surface area (TPSA) is 117 Å². The Balaban J connectivity index is 1.71. The highest BCUT2D eigenvalue weighted by Crippen LogP contribution is 2.31. The fourth-order valence-corrected chi connectivity index (χ4v) is 5.49. The number of fused-ring (bicyclic) bond motifs is 1. The number of nitrogens with two attached hydrogens (primary N) is 1. The molecule has 1 aliphatic carbocycles. The molecule has 1 heterocycles. The summed E-state index contributed by atoms with van der Waals surface area (Å²) in [5, 5.41) is 6.28. The van der Waals surface area contributed by atoms with Gasteiger partial charge >= 0.3 is 0 Å². The maximum atomic E-state index is 13.9. The number of hydrogen-bond donors (Lipinski definition) is 3. The summed E-state index contributed by atoms with van der Waals surface area (Å²) in [6.07, 6.45) is 3.21. The van der Waals surface area contributed by atoms with Crippen LogP contribution in [0.2, 0.25) is 0 Å². The van der Waals surface area contributed by atoms with E-state index >= 15 is 0 Å². The number of likely N-dealkylation sites (N-methyl/N-ethyl adjacent to an activating group) is 1. The van der Waals surface area contributed by atoms with Gasteiger partial charge in [0.05, 0.1) is 6.04 Å². The lowest BCUT2D eigenvalue weighted by atomic mass is 9.85. The zero-order valence-electron chi connectivity index (χ0n) is 24.4. The van der Waals surface area contributed by atoms with Crippen LogP contribution in [-0.4, -0.2) is 76.6 Å². The van der Waals surface area contributed by atoms with Gasteiger partial charge in [-0.05, 0) is 75.2 Å². The largest absolute Gasteiger partial charge is 0.465 e. The van der Waals surface area contributed by atoms with Gasteiger partial charge in [-0.2, -0.15) is 0 Å². The number of carbonyl (C=O) groups excluding carboxylic acids is 3. The van der Waals surface area contributed by atoms with E-state index in [1.807, 2.05) is 53.7 Å². The summed E-state index contributed by atoms with van der Waals surface area (Å²) in [5.74, 6) is -0.889. The predicted octanol–water partition coefficient (Wildman–Crippen LogP) is 2.67. The third-order valence-corrected chi connectivity index (χ3v) is 7.50. The molecule has 0 radical (unpaired) electrons. The first kappa shape index (κ1) is 30.8. The van der Waals surface area contributed by atoms with Gasteiger partial charge in [-0.3, -0.25) is 14.4 Å². The van der Waals surface area contributed by atoms with E-state index in [0.717, 1.165) is 24.8 Å². The molecule has 0 saturated carbocycles. The maximum Gasteiger partial charge on any atom is 0.260 e. The lowest BCUT2D eigenvalue weighted by Crippen LogP contribution is -2.59.